The van der Waals surface area contributed by atoms with Crippen LogP contribution in [0.2, 0.25) is 0 Å². The van der Waals surface area contributed by atoms with Gasteiger partial charge in [-0.3, -0.25) is 0 Å². The second kappa shape index (κ2) is 7.56. The molecule has 1 heterocycles. The van der Waals surface area contributed by atoms with E-state index in [2.05, 4.69) is 95.9 Å². The van der Waals surface area contributed by atoms with Crippen LogP contribution in [0.3, 0.4) is 0 Å². The molecular weight excluding hydrogens is 370 g/mol. The van der Waals surface area contributed by atoms with E-state index in [0.717, 1.165) is 44.9 Å². The van der Waals surface area contributed by atoms with Crippen LogP contribution < -0.4 is 0 Å². The maximum atomic E-state index is 5.76. The van der Waals surface area contributed by atoms with Gasteiger partial charge in [-0.25, -0.2) is 0 Å². The van der Waals surface area contributed by atoms with E-state index in [1.165, 1.54) is 11.1 Å². The molecule has 0 fully saturated rings. The zero-order valence-corrected chi connectivity index (χ0v) is 17.0. The van der Waals surface area contributed by atoms with Crippen molar-refractivity contribution in [2.75, 3.05) is 0 Å². The lowest BCUT2D eigenvalue weighted by Gasteiger charge is -2.06. The van der Waals surface area contributed by atoms with Crippen LogP contribution in [0.5, 0.6) is 0 Å². The lowest BCUT2D eigenvalue weighted by Crippen LogP contribution is -2.02. The van der Waals surface area contributed by atoms with Crippen molar-refractivity contribution in [2.24, 2.45) is 5.16 Å². The molecule has 5 rings (SSSR count). The van der Waals surface area contributed by atoms with E-state index in [-0.39, 0.29) is 0 Å². The average molecular weight is 391 g/mol. The van der Waals surface area contributed by atoms with E-state index in [9.17, 15) is 0 Å². The Morgan fingerprint density at radius 3 is 2.13 bits per heavy atom. The topological polar surface area (TPSA) is 47.4 Å². The Morgan fingerprint density at radius 2 is 1.40 bits per heavy atom. The average Bonchev–Trinajstić information content (AvgIpc) is 3.09. The van der Waals surface area contributed by atoms with Gasteiger partial charge in [0.2, 0.25) is 0 Å². The van der Waals surface area contributed by atoms with E-state index in [4.69, 9.17) is 4.84 Å². The highest BCUT2D eigenvalue weighted by Crippen LogP contribution is 2.36. The van der Waals surface area contributed by atoms with E-state index in [1.54, 1.807) is 0 Å². The first-order chi connectivity index (χ1) is 14.7. The molecule has 0 amide bonds. The lowest BCUT2D eigenvalue weighted by atomic mass is 10.1. The fourth-order valence-electron chi connectivity index (χ4n) is 3.63. The molecule has 0 aliphatic heterocycles. The number of rotatable bonds is 4. The van der Waals surface area contributed by atoms with Gasteiger partial charge in [-0.15, -0.1) is 10.2 Å². The molecular formula is C26H21N3O. The van der Waals surface area contributed by atoms with Gasteiger partial charge in [0.05, 0.1) is 5.69 Å². The number of hydrogen-bond acceptors (Lipinski definition) is 4. The van der Waals surface area contributed by atoms with Gasteiger partial charge in [-0.2, -0.15) is 0 Å². The maximum Gasteiger partial charge on any atom is 0.142 e. The first kappa shape index (κ1) is 18.3. The Bertz CT molecular complexity index is 1240. The highest BCUT2D eigenvalue weighted by molar-refractivity contribution is 6.23. The number of benzene rings is 3. The zero-order valence-electron chi connectivity index (χ0n) is 17.0. The molecule has 4 aromatic rings. The van der Waals surface area contributed by atoms with Crippen molar-refractivity contribution in [1.29, 1.82) is 0 Å². The summed E-state index contributed by atoms with van der Waals surface area (Å²) in [6.07, 6.45) is 0. The van der Waals surface area contributed by atoms with Crippen LogP contribution in [-0.4, -0.2) is 15.9 Å². The number of aryl methyl sites for hydroxylation is 2. The summed E-state index contributed by atoms with van der Waals surface area (Å²) in [5, 5.41) is 13.5. The summed E-state index contributed by atoms with van der Waals surface area (Å²) in [5.41, 5.74) is 10.0. The van der Waals surface area contributed by atoms with Gasteiger partial charge < -0.3 is 4.84 Å². The fraction of sp³-hybridized carbons (Fsp3) is 0.115. The van der Waals surface area contributed by atoms with Gasteiger partial charge in [0.25, 0.3) is 0 Å². The zero-order chi connectivity index (χ0) is 20.5. The fourth-order valence-corrected chi connectivity index (χ4v) is 3.63. The number of fused-ring (bicyclic) bond motifs is 3. The number of oxime groups is 1. The molecule has 0 bridgehead atoms. The van der Waals surface area contributed by atoms with Crippen molar-refractivity contribution in [2.45, 2.75) is 20.5 Å². The van der Waals surface area contributed by atoms with Crippen LogP contribution in [0.15, 0.2) is 84.0 Å². The summed E-state index contributed by atoms with van der Waals surface area (Å²) in [4.78, 5) is 5.76. The van der Waals surface area contributed by atoms with Gasteiger partial charge in [-0.05, 0) is 25.5 Å². The third-order valence-corrected chi connectivity index (χ3v) is 5.34. The molecule has 3 aromatic carbocycles. The molecule has 1 aliphatic rings. The van der Waals surface area contributed by atoms with Gasteiger partial charge in [0, 0.05) is 22.3 Å². The Labute approximate surface area is 175 Å². The molecule has 0 N–H and O–H groups in total. The molecule has 1 aliphatic carbocycles. The van der Waals surface area contributed by atoms with Crippen LogP contribution in [0.1, 0.15) is 27.8 Å². The molecule has 4 heteroatoms. The molecule has 0 atom stereocenters. The quantitative estimate of drug-likeness (QED) is 0.369. The number of aromatic nitrogens is 2. The number of hydrogen-bond donors (Lipinski definition) is 0. The summed E-state index contributed by atoms with van der Waals surface area (Å²) < 4.78 is 0. The largest absolute Gasteiger partial charge is 0.390 e. The van der Waals surface area contributed by atoms with E-state index < -0.39 is 0 Å². The SMILES string of the molecule is Cc1ccc(CON=C2c3ccccc3-c3nnc(-c4ccc(C)cc4)cc32)cc1. The van der Waals surface area contributed by atoms with Crippen molar-refractivity contribution < 1.29 is 4.84 Å². The first-order valence-corrected chi connectivity index (χ1v) is 9.99. The summed E-state index contributed by atoms with van der Waals surface area (Å²) in [7, 11) is 0. The third-order valence-electron chi connectivity index (χ3n) is 5.34. The Morgan fingerprint density at radius 1 is 0.733 bits per heavy atom. The normalized spacial score (nSPS) is 13.2. The van der Waals surface area contributed by atoms with Gasteiger partial charge >= 0.3 is 0 Å². The minimum atomic E-state index is 0.421. The molecule has 0 unspecified atom stereocenters. The van der Waals surface area contributed by atoms with Gasteiger partial charge in [0.15, 0.2) is 0 Å². The number of nitrogens with zero attached hydrogens (tertiary/aromatic N) is 3. The van der Waals surface area contributed by atoms with Crippen LogP contribution in [0, 0.1) is 13.8 Å². The predicted octanol–water partition coefficient (Wildman–Crippen LogP) is 5.71. The minimum Gasteiger partial charge on any atom is -0.390 e. The molecule has 146 valence electrons. The summed E-state index contributed by atoms with van der Waals surface area (Å²) >= 11 is 0. The lowest BCUT2D eigenvalue weighted by molar-refractivity contribution is 0.131. The van der Waals surface area contributed by atoms with Gasteiger partial charge in [-0.1, -0.05) is 89.1 Å². The third kappa shape index (κ3) is 3.37. The van der Waals surface area contributed by atoms with E-state index in [0.29, 0.717) is 6.61 Å². The molecule has 0 saturated carbocycles. The molecule has 0 saturated heterocycles. The summed E-state index contributed by atoms with van der Waals surface area (Å²) in [6.45, 7) is 4.57. The highest BCUT2D eigenvalue weighted by atomic mass is 16.6. The van der Waals surface area contributed by atoms with E-state index >= 15 is 0 Å². The van der Waals surface area contributed by atoms with Gasteiger partial charge in [0.1, 0.15) is 18.0 Å². The van der Waals surface area contributed by atoms with Crippen molar-refractivity contribution in [3.63, 3.8) is 0 Å². The summed E-state index contributed by atoms with van der Waals surface area (Å²) in [6, 6.07) is 26.8. The van der Waals surface area contributed by atoms with E-state index in [1.807, 2.05) is 12.1 Å². The molecule has 0 spiro atoms. The minimum absolute atomic E-state index is 0.421. The summed E-state index contributed by atoms with van der Waals surface area (Å²) in [5.74, 6) is 0. The molecule has 4 nitrogen and oxygen atoms in total. The van der Waals surface area contributed by atoms with Crippen LogP contribution >= 0.6 is 0 Å². The monoisotopic (exact) mass is 391 g/mol. The Kier molecular flexibility index (Phi) is 4.60. The van der Waals surface area contributed by atoms with Crippen molar-refractivity contribution in [3.05, 3.63) is 107 Å². The Hall–Kier alpha value is -3.79. The van der Waals surface area contributed by atoms with Crippen LogP contribution in [0.4, 0.5) is 0 Å². The molecule has 0 radical (unpaired) electrons. The van der Waals surface area contributed by atoms with Crippen LogP contribution in [0.25, 0.3) is 22.5 Å². The second-order valence-corrected chi connectivity index (χ2v) is 7.60. The van der Waals surface area contributed by atoms with Crippen molar-refractivity contribution in [1.82, 2.24) is 10.2 Å². The highest BCUT2D eigenvalue weighted by Gasteiger charge is 2.28. The predicted molar refractivity (Wildman–Crippen MR) is 119 cm³/mol. The maximum absolute atomic E-state index is 5.76. The molecule has 1 aromatic heterocycles. The van der Waals surface area contributed by atoms with Crippen molar-refractivity contribution >= 4 is 5.71 Å². The second-order valence-electron chi connectivity index (χ2n) is 7.60. The van der Waals surface area contributed by atoms with Crippen LogP contribution in [-0.2, 0) is 11.4 Å². The Balaban J connectivity index is 1.51. The standard InChI is InChI=1S/C26H21N3O/c1-17-7-11-19(12-8-17)16-30-29-26-22-6-4-3-5-21(22)25-23(26)15-24(27-28-25)20-13-9-18(2)10-14-20/h3-15H,16H2,1-2H3. The van der Waals surface area contributed by atoms with Crippen molar-refractivity contribution in [3.8, 4) is 22.5 Å². The first-order valence-electron chi connectivity index (χ1n) is 9.99. The molecule has 30 heavy (non-hydrogen) atoms. The smallest absolute Gasteiger partial charge is 0.142 e.